The zero-order valence-electron chi connectivity index (χ0n) is 30.3. The van der Waals surface area contributed by atoms with Crippen LogP contribution in [0.5, 0.6) is 0 Å². The largest absolute Gasteiger partial charge is 0.435 e. The van der Waals surface area contributed by atoms with Gasteiger partial charge in [-0.05, 0) is 108 Å². The number of fused-ring (bicyclic) bond motifs is 10. The molecule has 0 bridgehead atoms. The first-order chi connectivity index (χ1) is 27.8. The SMILES string of the molecule is c1ccc(-c2nc3ccc4ccc5ccc(-c6c7ccccc7c(-c7cccc(-n8c9ccccc9c9ccccc98)c7)c7ccccc67)cc5c4c3o2)cc1. The van der Waals surface area contributed by atoms with Gasteiger partial charge in [-0.25, -0.2) is 4.98 Å². The first kappa shape index (κ1) is 30.9. The van der Waals surface area contributed by atoms with E-state index >= 15 is 0 Å². The zero-order valence-corrected chi connectivity index (χ0v) is 30.3. The Kier molecular flexibility index (Phi) is 6.63. The van der Waals surface area contributed by atoms with Crippen molar-refractivity contribution < 1.29 is 4.42 Å². The van der Waals surface area contributed by atoms with Crippen LogP contribution in [0.2, 0.25) is 0 Å². The maximum atomic E-state index is 6.60. The number of hydrogen-bond acceptors (Lipinski definition) is 2. The summed E-state index contributed by atoms with van der Waals surface area (Å²) in [5, 5.41) is 12.0. The van der Waals surface area contributed by atoms with E-state index in [2.05, 4.69) is 168 Å². The van der Waals surface area contributed by atoms with Crippen LogP contribution in [0.25, 0.3) is 115 Å². The molecule has 0 N–H and O–H groups in total. The summed E-state index contributed by atoms with van der Waals surface area (Å²) in [6.07, 6.45) is 0. The third-order valence-corrected chi connectivity index (χ3v) is 11.6. The van der Waals surface area contributed by atoms with E-state index in [0.717, 1.165) is 38.5 Å². The summed E-state index contributed by atoms with van der Waals surface area (Å²) in [6.45, 7) is 0. The first-order valence-electron chi connectivity index (χ1n) is 19.1. The molecule has 0 amide bonds. The Labute approximate surface area is 322 Å². The van der Waals surface area contributed by atoms with Crippen molar-refractivity contribution in [1.29, 1.82) is 0 Å². The van der Waals surface area contributed by atoms with Crippen molar-refractivity contribution in [3.63, 3.8) is 0 Å². The molecule has 0 saturated carbocycles. The minimum atomic E-state index is 0.635. The topological polar surface area (TPSA) is 31.0 Å². The van der Waals surface area contributed by atoms with Crippen LogP contribution >= 0.6 is 0 Å². The van der Waals surface area contributed by atoms with Crippen molar-refractivity contribution in [2.24, 2.45) is 0 Å². The predicted octanol–water partition coefficient (Wildman–Crippen LogP) is 14.5. The van der Waals surface area contributed by atoms with Crippen molar-refractivity contribution in [3.05, 3.63) is 194 Å². The van der Waals surface area contributed by atoms with Crippen molar-refractivity contribution >= 4 is 76.0 Å². The maximum Gasteiger partial charge on any atom is 0.227 e. The molecule has 0 spiro atoms. The smallest absolute Gasteiger partial charge is 0.227 e. The number of oxazole rings is 1. The Balaban J connectivity index is 1.10. The van der Waals surface area contributed by atoms with E-state index in [1.54, 1.807) is 0 Å². The summed E-state index contributed by atoms with van der Waals surface area (Å²) in [7, 11) is 0. The lowest BCUT2D eigenvalue weighted by atomic mass is 9.85. The van der Waals surface area contributed by atoms with Crippen molar-refractivity contribution in [2.75, 3.05) is 0 Å². The summed E-state index contributed by atoms with van der Waals surface area (Å²) in [5.41, 5.74) is 11.0. The molecule has 10 aromatic carbocycles. The van der Waals surface area contributed by atoms with E-state index in [1.165, 1.54) is 71.0 Å². The van der Waals surface area contributed by atoms with Crippen molar-refractivity contribution in [1.82, 2.24) is 9.55 Å². The van der Waals surface area contributed by atoms with Crippen LogP contribution in [0.4, 0.5) is 0 Å². The van der Waals surface area contributed by atoms with Gasteiger partial charge in [0.05, 0.1) is 11.0 Å². The van der Waals surface area contributed by atoms with Crippen LogP contribution in [-0.2, 0) is 0 Å². The molecule has 12 aromatic rings. The van der Waals surface area contributed by atoms with Crippen LogP contribution < -0.4 is 0 Å². The highest BCUT2D eigenvalue weighted by Gasteiger charge is 2.20. The molecule has 260 valence electrons. The van der Waals surface area contributed by atoms with Crippen LogP contribution in [0.1, 0.15) is 0 Å². The molecule has 0 saturated heterocycles. The van der Waals surface area contributed by atoms with Gasteiger partial charge in [0, 0.05) is 27.4 Å². The average Bonchev–Trinajstić information content (AvgIpc) is 3.86. The van der Waals surface area contributed by atoms with E-state index < -0.39 is 0 Å². The highest BCUT2D eigenvalue weighted by molar-refractivity contribution is 6.23. The lowest BCUT2D eigenvalue weighted by Gasteiger charge is -2.19. The van der Waals surface area contributed by atoms with Gasteiger partial charge in [0.1, 0.15) is 5.52 Å². The van der Waals surface area contributed by atoms with E-state index in [1.807, 2.05) is 30.3 Å². The molecule has 2 aromatic heterocycles. The molecule has 2 heterocycles. The second-order valence-corrected chi connectivity index (χ2v) is 14.7. The van der Waals surface area contributed by atoms with Crippen molar-refractivity contribution in [2.45, 2.75) is 0 Å². The van der Waals surface area contributed by atoms with Gasteiger partial charge in [-0.3, -0.25) is 0 Å². The second-order valence-electron chi connectivity index (χ2n) is 14.7. The third kappa shape index (κ3) is 4.55. The summed E-state index contributed by atoms with van der Waals surface area (Å²) in [4.78, 5) is 4.92. The summed E-state index contributed by atoms with van der Waals surface area (Å²) in [6, 6.07) is 70.0. The summed E-state index contributed by atoms with van der Waals surface area (Å²) in [5.74, 6) is 0.635. The fourth-order valence-corrected chi connectivity index (χ4v) is 9.13. The summed E-state index contributed by atoms with van der Waals surface area (Å²) >= 11 is 0. The predicted molar refractivity (Wildman–Crippen MR) is 235 cm³/mol. The lowest BCUT2D eigenvalue weighted by molar-refractivity contribution is 0.623. The second kappa shape index (κ2) is 12.0. The fraction of sp³-hybridized carbons (Fsp3) is 0. The number of aromatic nitrogens is 2. The van der Waals surface area contributed by atoms with Gasteiger partial charge >= 0.3 is 0 Å². The van der Waals surface area contributed by atoms with E-state index in [-0.39, 0.29) is 0 Å². The van der Waals surface area contributed by atoms with Gasteiger partial charge in [0.25, 0.3) is 0 Å². The van der Waals surface area contributed by atoms with Gasteiger partial charge in [-0.15, -0.1) is 0 Å². The van der Waals surface area contributed by atoms with E-state index in [4.69, 9.17) is 9.40 Å². The van der Waals surface area contributed by atoms with E-state index in [9.17, 15) is 0 Å². The van der Waals surface area contributed by atoms with Gasteiger partial charge in [-0.1, -0.05) is 146 Å². The third-order valence-electron chi connectivity index (χ3n) is 11.6. The molecule has 0 aliphatic carbocycles. The average molecular weight is 713 g/mol. The van der Waals surface area contributed by atoms with Crippen LogP contribution in [0.15, 0.2) is 199 Å². The standard InChI is InChI=1S/C53H32N2O/c1-2-13-35(14-3-1)53-54-46-30-29-34-27-25-33-26-28-37(32-45(33)51(34)52(46)56-53)50-43-21-6-4-19-41(43)49(42-20-5-7-22-44(42)50)36-15-12-16-38(31-36)55-47-23-10-8-17-39(47)40-18-9-11-24-48(40)55/h1-32H. The molecular formula is C53H32N2O. The molecule has 0 aliphatic rings. The Hall–Kier alpha value is -7.49. The zero-order chi connectivity index (χ0) is 36.7. The maximum absolute atomic E-state index is 6.60. The lowest BCUT2D eigenvalue weighted by Crippen LogP contribution is -1.95. The van der Waals surface area contributed by atoms with Crippen LogP contribution in [0.3, 0.4) is 0 Å². The number of para-hydroxylation sites is 2. The molecule has 3 nitrogen and oxygen atoms in total. The van der Waals surface area contributed by atoms with Gasteiger partial charge in [0.2, 0.25) is 5.89 Å². The molecule has 56 heavy (non-hydrogen) atoms. The summed E-state index contributed by atoms with van der Waals surface area (Å²) < 4.78 is 9.00. The molecule has 0 fully saturated rings. The first-order valence-corrected chi connectivity index (χ1v) is 19.1. The minimum absolute atomic E-state index is 0.635. The van der Waals surface area contributed by atoms with Crippen molar-refractivity contribution in [3.8, 4) is 39.4 Å². The van der Waals surface area contributed by atoms with Crippen LogP contribution in [-0.4, -0.2) is 9.55 Å². The van der Waals surface area contributed by atoms with Crippen LogP contribution in [0, 0.1) is 0 Å². The fourth-order valence-electron chi connectivity index (χ4n) is 9.13. The minimum Gasteiger partial charge on any atom is -0.435 e. The highest BCUT2D eigenvalue weighted by atomic mass is 16.3. The quantitative estimate of drug-likeness (QED) is 0.134. The van der Waals surface area contributed by atoms with Gasteiger partial charge in [0.15, 0.2) is 5.58 Å². The highest BCUT2D eigenvalue weighted by Crippen LogP contribution is 2.46. The normalized spacial score (nSPS) is 11.9. The number of benzene rings is 10. The van der Waals surface area contributed by atoms with Gasteiger partial charge < -0.3 is 8.98 Å². The molecule has 0 radical (unpaired) electrons. The Morgan fingerprint density at radius 3 is 1.55 bits per heavy atom. The molecule has 0 atom stereocenters. The number of hydrogen-bond donors (Lipinski definition) is 0. The van der Waals surface area contributed by atoms with Gasteiger partial charge in [-0.2, -0.15) is 0 Å². The molecule has 12 rings (SSSR count). The Morgan fingerprint density at radius 2 is 0.893 bits per heavy atom. The molecular weight excluding hydrogens is 681 g/mol. The molecule has 0 aliphatic heterocycles. The Morgan fingerprint density at radius 1 is 0.375 bits per heavy atom. The number of nitrogens with zero attached hydrogens (tertiary/aromatic N) is 2. The molecule has 0 unspecified atom stereocenters. The number of rotatable bonds is 4. The Bertz CT molecular complexity index is 3430. The molecule has 3 heteroatoms. The van der Waals surface area contributed by atoms with E-state index in [0.29, 0.717) is 5.89 Å². The monoisotopic (exact) mass is 712 g/mol.